The maximum Gasteiger partial charge on any atom is 0.0797 e. The maximum absolute atomic E-state index is 4.32. The predicted molar refractivity (Wildman–Crippen MR) is 77.6 cm³/mol. The summed E-state index contributed by atoms with van der Waals surface area (Å²) >= 11 is 1.78. The molecule has 1 aliphatic rings. The van der Waals surface area contributed by atoms with E-state index in [1.807, 2.05) is 11.7 Å². The fraction of sp³-hybridized carbons (Fsp3) is 0.571. The van der Waals surface area contributed by atoms with E-state index < -0.39 is 0 Å². The molecule has 19 heavy (non-hydrogen) atoms. The van der Waals surface area contributed by atoms with Crippen LogP contribution in [-0.2, 0) is 6.42 Å². The van der Waals surface area contributed by atoms with Gasteiger partial charge in [-0.1, -0.05) is 0 Å². The second-order valence-electron chi connectivity index (χ2n) is 5.26. The standard InChI is InChI=1S/C14H20N4S/c1-11-14(19-10-15-11)5-8-18-7-2-3-12(9-18)13-4-6-16-17-13/h4,6,10,12H,2-3,5,7-9H2,1H3,(H,16,17)/t12-/m1/s1. The molecular formula is C14H20N4S. The Labute approximate surface area is 117 Å². The molecule has 0 radical (unpaired) electrons. The largest absolute Gasteiger partial charge is 0.302 e. The molecule has 0 bridgehead atoms. The first-order chi connectivity index (χ1) is 9.33. The van der Waals surface area contributed by atoms with Gasteiger partial charge in [0.15, 0.2) is 0 Å². The summed E-state index contributed by atoms with van der Waals surface area (Å²) in [6.07, 6.45) is 5.55. The molecule has 0 amide bonds. The van der Waals surface area contributed by atoms with Crippen LogP contribution in [0.2, 0.25) is 0 Å². The van der Waals surface area contributed by atoms with Gasteiger partial charge in [0.05, 0.1) is 11.2 Å². The van der Waals surface area contributed by atoms with Crippen molar-refractivity contribution in [3.63, 3.8) is 0 Å². The van der Waals surface area contributed by atoms with Crippen LogP contribution in [0.5, 0.6) is 0 Å². The molecule has 2 aromatic rings. The van der Waals surface area contributed by atoms with Crippen LogP contribution in [0, 0.1) is 6.92 Å². The second-order valence-corrected chi connectivity index (χ2v) is 6.20. The van der Waals surface area contributed by atoms with Gasteiger partial charge in [0.25, 0.3) is 0 Å². The molecule has 1 aliphatic heterocycles. The van der Waals surface area contributed by atoms with Crippen molar-refractivity contribution >= 4 is 11.3 Å². The van der Waals surface area contributed by atoms with Gasteiger partial charge in [0.1, 0.15) is 0 Å². The van der Waals surface area contributed by atoms with E-state index in [9.17, 15) is 0 Å². The lowest BCUT2D eigenvalue weighted by atomic mass is 9.95. The third-order valence-electron chi connectivity index (χ3n) is 3.97. The second kappa shape index (κ2) is 5.84. The number of nitrogens with one attached hydrogen (secondary N) is 1. The van der Waals surface area contributed by atoms with Crippen LogP contribution in [0.1, 0.15) is 35.0 Å². The van der Waals surface area contributed by atoms with E-state index >= 15 is 0 Å². The number of hydrogen-bond donors (Lipinski definition) is 1. The molecule has 0 unspecified atom stereocenters. The van der Waals surface area contributed by atoms with Crippen LogP contribution in [0.15, 0.2) is 17.8 Å². The van der Waals surface area contributed by atoms with Crippen molar-refractivity contribution < 1.29 is 0 Å². The highest BCUT2D eigenvalue weighted by Gasteiger charge is 2.22. The number of aromatic amines is 1. The van der Waals surface area contributed by atoms with Crippen LogP contribution in [0.4, 0.5) is 0 Å². The minimum Gasteiger partial charge on any atom is -0.302 e. The van der Waals surface area contributed by atoms with Crippen molar-refractivity contribution in [2.75, 3.05) is 19.6 Å². The average Bonchev–Trinajstić information content (AvgIpc) is 3.08. The van der Waals surface area contributed by atoms with E-state index in [2.05, 4.69) is 33.1 Å². The van der Waals surface area contributed by atoms with Crippen LogP contribution in [0.25, 0.3) is 0 Å². The Balaban J connectivity index is 1.55. The van der Waals surface area contributed by atoms with Crippen LogP contribution >= 0.6 is 11.3 Å². The number of likely N-dealkylation sites (tertiary alicyclic amines) is 1. The third-order valence-corrected chi connectivity index (χ3v) is 4.96. The van der Waals surface area contributed by atoms with E-state index in [-0.39, 0.29) is 0 Å². The molecule has 4 nitrogen and oxygen atoms in total. The molecule has 0 aliphatic carbocycles. The summed E-state index contributed by atoms with van der Waals surface area (Å²) < 4.78 is 0. The SMILES string of the molecule is Cc1ncsc1CCN1CCC[C@@H](c2ccn[nH]2)C1. The lowest BCUT2D eigenvalue weighted by molar-refractivity contribution is 0.208. The van der Waals surface area contributed by atoms with Crippen molar-refractivity contribution in [2.45, 2.75) is 32.1 Å². The zero-order valence-electron chi connectivity index (χ0n) is 11.3. The molecular weight excluding hydrogens is 256 g/mol. The first-order valence-electron chi connectivity index (χ1n) is 6.93. The Morgan fingerprint density at radius 1 is 1.53 bits per heavy atom. The minimum absolute atomic E-state index is 0.624. The van der Waals surface area contributed by atoms with Crippen molar-refractivity contribution in [1.82, 2.24) is 20.1 Å². The van der Waals surface area contributed by atoms with Gasteiger partial charge in [-0.15, -0.1) is 11.3 Å². The van der Waals surface area contributed by atoms with Crippen molar-refractivity contribution in [3.05, 3.63) is 34.0 Å². The molecule has 3 heterocycles. The average molecular weight is 276 g/mol. The number of thiazole rings is 1. The number of nitrogens with zero attached hydrogens (tertiary/aromatic N) is 3. The van der Waals surface area contributed by atoms with Gasteiger partial charge in [-0.25, -0.2) is 4.98 Å². The summed E-state index contributed by atoms with van der Waals surface area (Å²) in [4.78, 5) is 8.33. The molecule has 5 heteroatoms. The van der Waals surface area contributed by atoms with Gasteiger partial charge in [0, 0.05) is 35.8 Å². The van der Waals surface area contributed by atoms with Crippen molar-refractivity contribution in [3.8, 4) is 0 Å². The lowest BCUT2D eigenvalue weighted by Crippen LogP contribution is -2.35. The van der Waals surface area contributed by atoms with Gasteiger partial charge in [-0.05, 0) is 38.8 Å². The van der Waals surface area contributed by atoms with Crippen molar-refractivity contribution in [1.29, 1.82) is 0 Å². The van der Waals surface area contributed by atoms with E-state index in [4.69, 9.17) is 0 Å². The highest BCUT2D eigenvalue weighted by molar-refractivity contribution is 7.09. The van der Waals surface area contributed by atoms with Crippen LogP contribution in [-0.4, -0.2) is 39.7 Å². The molecule has 1 N–H and O–H groups in total. The first-order valence-corrected chi connectivity index (χ1v) is 7.81. The molecule has 102 valence electrons. The fourth-order valence-electron chi connectivity index (χ4n) is 2.83. The minimum atomic E-state index is 0.624. The zero-order valence-corrected chi connectivity index (χ0v) is 12.1. The summed E-state index contributed by atoms with van der Waals surface area (Å²) in [5, 5.41) is 7.19. The van der Waals surface area contributed by atoms with Crippen LogP contribution in [0.3, 0.4) is 0 Å². The molecule has 1 fully saturated rings. The van der Waals surface area contributed by atoms with E-state index in [1.165, 1.54) is 35.7 Å². The van der Waals surface area contributed by atoms with E-state index in [0.29, 0.717) is 5.92 Å². The van der Waals surface area contributed by atoms with E-state index in [1.54, 1.807) is 11.3 Å². The quantitative estimate of drug-likeness (QED) is 0.933. The molecule has 2 aromatic heterocycles. The number of hydrogen-bond acceptors (Lipinski definition) is 4. The topological polar surface area (TPSA) is 44.8 Å². The number of aromatic nitrogens is 3. The van der Waals surface area contributed by atoms with Gasteiger partial charge in [-0.2, -0.15) is 5.10 Å². The summed E-state index contributed by atoms with van der Waals surface area (Å²) in [7, 11) is 0. The molecule has 3 rings (SSSR count). The van der Waals surface area contributed by atoms with Gasteiger partial charge < -0.3 is 4.90 Å². The van der Waals surface area contributed by atoms with Crippen molar-refractivity contribution in [2.24, 2.45) is 0 Å². The Hall–Kier alpha value is -1.20. The highest BCUT2D eigenvalue weighted by atomic mass is 32.1. The predicted octanol–water partition coefficient (Wildman–Crippen LogP) is 2.60. The number of aryl methyl sites for hydroxylation is 1. The number of H-pyrrole nitrogens is 1. The number of rotatable bonds is 4. The highest BCUT2D eigenvalue weighted by Crippen LogP contribution is 2.25. The normalized spacial score (nSPS) is 20.8. The number of piperidine rings is 1. The molecule has 0 saturated carbocycles. The Bertz CT molecular complexity index is 505. The fourth-order valence-corrected chi connectivity index (χ4v) is 3.60. The lowest BCUT2D eigenvalue weighted by Gasteiger charge is -2.32. The summed E-state index contributed by atoms with van der Waals surface area (Å²) in [6.45, 7) is 5.63. The monoisotopic (exact) mass is 276 g/mol. The first kappa shape index (κ1) is 12.8. The summed E-state index contributed by atoms with van der Waals surface area (Å²) in [6, 6.07) is 2.11. The van der Waals surface area contributed by atoms with Gasteiger partial charge >= 0.3 is 0 Å². The molecule has 0 spiro atoms. The Kier molecular flexibility index (Phi) is 3.94. The third kappa shape index (κ3) is 3.04. The smallest absolute Gasteiger partial charge is 0.0797 e. The Morgan fingerprint density at radius 2 is 2.47 bits per heavy atom. The zero-order chi connectivity index (χ0) is 13.1. The molecule has 0 aromatic carbocycles. The Morgan fingerprint density at radius 3 is 3.21 bits per heavy atom. The van der Waals surface area contributed by atoms with Gasteiger partial charge in [0.2, 0.25) is 0 Å². The summed E-state index contributed by atoms with van der Waals surface area (Å²) in [5.41, 5.74) is 4.44. The summed E-state index contributed by atoms with van der Waals surface area (Å²) in [5.74, 6) is 0.624. The maximum atomic E-state index is 4.32. The van der Waals surface area contributed by atoms with E-state index in [0.717, 1.165) is 19.5 Å². The van der Waals surface area contributed by atoms with Crippen LogP contribution < -0.4 is 0 Å². The molecule has 1 saturated heterocycles. The molecule has 1 atom stereocenters. The van der Waals surface area contributed by atoms with Gasteiger partial charge in [-0.3, -0.25) is 5.10 Å².